The molecular weight excluding hydrogens is 370 g/mol. The normalized spacial score (nSPS) is 15.0. The molecule has 0 bridgehead atoms. The van der Waals surface area contributed by atoms with E-state index in [4.69, 9.17) is 4.74 Å². The van der Waals surface area contributed by atoms with E-state index in [0.717, 1.165) is 28.7 Å². The van der Waals surface area contributed by atoms with Crippen molar-refractivity contribution >= 4 is 17.1 Å². The fourth-order valence-corrected chi connectivity index (χ4v) is 4.09. The third kappa shape index (κ3) is 3.54. The molecule has 8 nitrogen and oxygen atoms in total. The summed E-state index contributed by atoms with van der Waals surface area (Å²) in [4.78, 5) is 30.1. The quantitative estimate of drug-likeness (QED) is 0.714. The lowest BCUT2D eigenvalue weighted by molar-refractivity contribution is 0.414. The van der Waals surface area contributed by atoms with Gasteiger partial charge >= 0.3 is 5.69 Å². The summed E-state index contributed by atoms with van der Waals surface area (Å²) in [5.41, 5.74) is 1.11. The van der Waals surface area contributed by atoms with Gasteiger partial charge in [-0.05, 0) is 30.5 Å². The number of nitrogens with one attached hydrogen (secondary N) is 1. The fraction of sp³-hybridized carbons (Fsp3) is 0.476. The molecular formula is C21H27N5O3. The molecule has 3 aromatic rings. The Morgan fingerprint density at radius 3 is 2.62 bits per heavy atom. The summed E-state index contributed by atoms with van der Waals surface area (Å²) in [5, 5.41) is 3.54. The Kier molecular flexibility index (Phi) is 5.17. The van der Waals surface area contributed by atoms with Crippen LogP contribution >= 0.6 is 0 Å². The second-order valence-corrected chi connectivity index (χ2v) is 7.73. The van der Waals surface area contributed by atoms with Crippen molar-refractivity contribution in [3.63, 3.8) is 0 Å². The van der Waals surface area contributed by atoms with E-state index < -0.39 is 0 Å². The maximum absolute atomic E-state index is 13.0. The average Bonchev–Trinajstić information content (AvgIpc) is 3.09. The van der Waals surface area contributed by atoms with Gasteiger partial charge in [-0.2, -0.15) is 4.98 Å². The van der Waals surface area contributed by atoms with Crippen LogP contribution in [0.5, 0.6) is 5.75 Å². The topological polar surface area (TPSA) is 83.1 Å². The van der Waals surface area contributed by atoms with Crippen LogP contribution < -0.4 is 21.3 Å². The molecule has 1 saturated carbocycles. The Labute approximate surface area is 168 Å². The molecule has 1 fully saturated rings. The molecule has 2 heterocycles. The Bertz CT molecular complexity index is 1150. The number of hydrogen-bond acceptors (Lipinski definition) is 5. The predicted molar refractivity (Wildman–Crippen MR) is 113 cm³/mol. The molecule has 0 spiro atoms. The van der Waals surface area contributed by atoms with Gasteiger partial charge in [-0.15, -0.1) is 0 Å². The number of fused-ring (bicyclic) bond motifs is 1. The van der Waals surface area contributed by atoms with Crippen molar-refractivity contribution in [2.75, 3.05) is 12.4 Å². The number of ether oxygens (including phenoxy) is 1. The van der Waals surface area contributed by atoms with Crippen molar-refractivity contribution in [3.8, 4) is 5.75 Å². The van der Waals surface area contributed by atoms with Gasteiger partial charge in [0.2, 0.25) is 5.95 Å². The van der Waals surface area contributed by atoms with Crippen molar-refractivity contribution in [3.05, 3.63) is 50.7 Å². The van der Waals surface area contributed by atoms with Crippen LogP contribution in [0.4, 0.5) is 5.95 Å². The number of methoxy groups -OCH3 is 1. The molecule has 1 aromatic carbocycles. The third-order valence-corrected chi connectivity index (χ3v) is 5.76. The van der Waals surface area contributed by atoms with Gasteiger partial charge in [0.05, 0.1) is 13.7 Å². The Hall–Kier alpha value is -3.03. The van der Waals surface area contributed by atoms with Crippen molar-refractivity contribution in [2.45, 2.75) is 44.7 Å². The molecule has 1 aliphatic rings. The van der Waals surface area contributed by atoms with E-state index in [0.29, 0.717) is 29.7 Å². The highest BCUT2D eigenvalue weighted by atomic mass is 16.5. The first-order chi connectivity index (χ1) is 14.0. The number of rotatable bonds is 5. The summed E-state index contributed by atoms with van der Waals surface area (Å²) < 4.78 is 9.80. The number of aromatic nitrogens is 4. The molecule has 8 heteroatoms. The van der Waals surface area contributed by atoms with E-state index in [1.54, 1.807) is 14.2 Å². The highest BCUT2D eigenvalue weighted by Gasteiger charge is 2.22. The molecule has 0 saturated heterocycles. The van der Waals surface area contributed by atoms with Gasteiger partial charge in [-0.1, -0.05) is 31.4 Å². The molecule has 29 heavy (non-hydrogen) atoms. The first-order valence-corrected chi connectivity index (χ1v) is 10.1. The van der Waals surface area contributed by atoms with Crippen LogP contribution in [0.2, 0.25) is 0 Å². The van der Waals surface area contributed by atoms with Gasteiger partial charge in [0.25, 0.3) is 5.56 Å². The highest BCUT2D eigenvalue weighted by Crippen LogP contribution is 2.24. The van der Waals surface area contributed by atoms with Gasteiger partial charge in [0, 0.05) is 20.1 Å². The number of benzene rings is 1. The zero-order valence-corrected chi connectivity index (χ0v) is 17.1. The number of imidazole rings is 1. The Balaban J connectivity index is 1.87. The van der Waals surface area contributed by atoms with E-state index in [9.17, 15) is 9.59 Å². The van der Waals surface area contributed by atoms with Gasteiger partial charge < -0.3 is 10.1 Å². The smallest absolute Gasteiger partial charge is 0.332 e. The molecule has 0 amide bonds. The summed E-state index contributed by atoms with van der Waals surface area (Å²) in [6, 6.07) is 8.08. The summed E-state index contributed by atoms with van der Waals surface area (Å²) in [7, 11) is 4.78. The number of hydrogen-bond donors (Lipinski definition) is 1. The van der Waals surface area contributed by atoms with Gasteiger partial charge in [0.1, 0.15) is 5.75 Å². The second kappa shape index (κ2) is 7.77. The van der Waals surface area contributed by atoms with Crippen LogP contribution in [0.25, 0.3) is 11.2 Å². The zero-order chi connectivity index (χ0) is 20.5. The minimum Gasteiger partial charge on any atom is -0.497 e. The van der Waals surface area contributed by atoms with Crippen LogP contribution in [0.3, 0.4) is 0 Å². The molecule has 1 N–H and O–H groups in total. The third-order valence-electron chi connectivity index (χ3n) is 5.76. The number of anilines is 1. The molecule has 2 aromatic heterocycles. The lowest BCUT2D eigenvalue weighted by Gasteiger charge is -2.23. The molecule has 0 atom stereocenters. The van der Waals surface area contributed by atoms with Crippen molar-refractivity contribution in [1.29, 1.82) is 0 Å². The van der Waals surface area contributed by atoms with Crippen molar-refractivity contribution in [1.82, 2.24) is 18.7 Å². The number of nitrogens with zero attached hydrogens (tertiary/aromatic N) is 4. The van der Waals surface area contributed by atoms with E-state index >= 15 is 0 Å². The molecule has 0 aliphatic heterocycles. The van der Waals surface area contributed by atoms with E-state index in [1.807, 2.05) is 28.8 Å². The zero-order valence-electron chi connectivity index (χ0n) is 17.1. The van der Waals surface area contributed by atoms with Crippen LogP contribution in [0, 0.1) is 0 Å². The van der Waals surface area contributed by atoms with Crippen LogP contribution in [-0.4, -0.2) is 31.8 Å². The van der Waals surface area contributed by atoms with Gasteiger partial charge in [-0.25, -0.2) is 4.79 Å². The Morgan fingerprint density at radius 2 is 1.90 bits per heavy atom. The van der Waals surface area contributed by atoms with Crippen molar-refractivity contribution < 1.29 is 4.74 Å². The van der Waals surface area contributed by atoms with E-state index in [2.05, 4.69) is 10.3 Å². The molecule has 4 rings (SSSR count). The average molecular weight is 397 g/mol. The standard InChI is InChI=1S/C21H27N5O3/c1-24-18-17(19(27)25(2)21(24)28)26(13-14-8-7-11-16(12-14)29-3)20(23-18)22-15-9-5-4-6-10-15/h7-8,11-12,15H,4-6,9-10,13H2,1-3H3,(H,22,23). The maximum atomic E-state index is 13.0. The van der Waals surface area contributed by atoms with Crippen molar-refractivity contribution in [2.24, 2.45) is 14.1 Å². The van der Waals surface area contributed by atoms with Gasteiger partial charge in [-0.3, -0.25) is 18.5 Å². The minimum absolute atomic E-state index is 0.325. The second-order valence-electron chi connectivity index (χ2n) is 7.73. The molecule has 1 aliphatic carbocycles. The summed E-state index contributed by atoms with van der Waals surface area (Å²) in [5.74, 6) is 1.39. The van der Waals surface area contributed by atoms with Crippen LogP contribution in [0.15, 0.2) is 33.9 Å². The summed E-state index contributed by atoms with van der Waals surface area (Å²) in [6.45, 7) is 0.455. The lowest BCUT2D eigenvalue weighted by Crippen LogP contribution is -2.37. The first-order valence-electron chi connectivity index (χ1n) is 10.1. The highest BCUT2D eigenvalue weighted by molar-refractivity contribution is 5.74. The number of aryl methyl sites for hydroxylation is 1. The minimum atomic E-state index is -0.377. The first kappa shape index (κ1) is 19.3. The molecule has 0 radical (unpaired) electrons. The molecule has 0 unspecified atom stereocenters. The largest absolute Gasteiger partial charge is 0.497 e. The van der Waals surface area contributed by atoms with E-state index in [-0.39, 0.29) is 11.2 Å². The van der Waals surface area contributed by atoms with Crippen LogP contribution in [0.1, 0.15) is 37.7 Å². The molecule has 154 valence electrons. The lowest BCUT2D eigenvalue weighted by atomic mass is 9.96. The fourth-order valence-electron chi connectivity index (χ4n) is 4.09. The van der Waals surface area contributed by atoms with Gasteiger partial charge in [0.15, 0.2) is 11.2 Å². The van der Waals surface area contributed by atoms with E-state index in [1.165, 1.54) is 30.9 Å². The predicted octanol–water partition coefficient (Wildman–Crippen LogP) is 2.24. The summed E-state index contributed by atoms with van der Waals surface area (Å²) >= 11 is 0. The van der Waals surface area contributed by atoms with Crippen LogP contribution in [-0.2, 0) is 20.6 Å². The SMILES string of the molecule is COc1cccc(Cn2c(NC3CCCCC3)nc3c2c(=O)n(C)c(=O)n3C)c1. The summed E-state index contributed by atoms with van der Waals surface area (Å²) in [6.07, 6.45) is 5.80. The maximum Gasteiger partial charge on any atom is 0.332 e. The Morgan fingerprint density at radius 1 is 1.14 bits per heavy atom. The monoisotopic (exact) mass is 397 g/mol.